The Balaban J connectivity index is 1.74. The number of benzene rings is 2. The summed E-state index contributed by atoms with van der Waals surface area (Å²) in [5.41, 5.74) is 2.19. The number of anilines is 1. The average Bonchev–Trinajstić information content (AvgIpc) is 2.82. The summed E-state index contributed by atoms with van der Waals surface area (Å²) in [4.78, 5) is 24.0. The van der Waals surface area contributed by atoms with Crippen molar-refractivity contribution >= 4 is 22.8 Å². The van der Waals surface area contributed by atoms with Crippen molar-refractivity contribution in [3.05, 3.63) is 59.5 Å². The number of aliphatic hydroxyl groups is 1. The normalized spacial score (nSPS) is 14.9. The number of ether oxygens (including phenoxy) is 2. The summed E-state index contributed by atoms with van der Waals surface area (Å²) in [5.74, 6) is 0.362. The number of nitrogens with zero attached hydrogens (tertiary/aromatic N) is 3. The molecule has 2 N–H and O–H groups in total. The smallest absolute Gasteiger partial charge is 0.251 e. The zero-order valence-corrected chi connectivity index (χ0v) is 17.8. The molecule has 1 aliphatic rings. The first kappa shape index (κ1) is 21.9. The van der Waals surface area contributed by atoms with Crippen LogP contribution in [0.4, 0.5) is 10.2 Å². The van der Waals surface area contributed by atoms with Gasteiger partial charge in [0.15, 0.2) is 0 Å². The maximum absolute atomic E-state index is 13.6. The van der Waals surface area contributed by atoms with Gasteiger partial charge in [0.25, 0.3) is 5.91 Å². The van der Waals surface area contributed by atoms with Crippen molar-refractivity contribution in [2.24, 2.45) is 0 Å². The van der Waals surface area contributed by atoms with Gasteiger partial charge < -0.3 is 24.8 Å². The molecule has 1 amide bonds. The van der Waals surface area contributed by atoms with E-state index in [1.54, 1.807) is 30.5 Å². The van der Waals surface area contributed by atoms with E-state index in [2.05, 4.69) is 15.2 Å². The van der Waals surface area contributed by atoms with Gasteiger partial charge in [0.05, 0.1) is 37.1 Å². The zero-order valence-electron chi connectivity index (χ0n) is 17.8. The quantitative estimate of drug-likeness (QED) is 0.583. The molecule has 168 valence electrons. The molecule has 1 unspecified atom stereocenters. The fraction of sp³-hybridized carbons (Fsp3) is 0.348. The first-order valence-corrected chi connectivity index (χ1v) is 10.5. The number of aromatic nitrogens is 2. The third kappa shape index (κ3) is 4.95. The zero-order chi connectivity index (χ0) is 22.5. The molecular formula is C23H25FN4O4. The van der Waals surface area contributed by atoms with E-state index in [0.29, 0.717) is 54.2 Å². The minimum atomic E-state index is -0.529. The van der Waals surface area contributed by atoms with Crippen molar-refractivity contribution in [1.82, 2.24) is 15.3 Å². The Bertz CT molecular complexity index is 1100. The lowest BCUT2D eigenvalue weighted by atomic mass is 10.0. The van der Waals surface area contributed by atoms with Gasteiger partial charge in [-0.3, -0.25) is 9.78 Å². The fourth-order valence-corrected chi connectivity index (χ4v) is 3.60. The number of rotatable bonds is 7. The van der Waals surface area contributed by atoms with E-state index >= 15 is 0 Å². The second kappa shape index (κ2) is 9.88. The maximum atomic E-state index is 13.6. The number of hydrogen-bond donors (Lipinski definition) is 2. The molecule has 0 spiro atoms. The highest BCUT2D eigenvalue weighted by Gasteiger charge is 2.20. The van der Waals surface area contributed by atoms with Crippen LogP contribution in [0.1, 0.15) is 28.9 Å². The second-order valence-corrected chi connectivity index (χ2v) is 7.46. The molecule has 0 radical (unpaired) electrons. The summed E-state index contributed by atoms with van der Waals surface area (Å²) in [6, 6.07) is 9.27. The Morgan fingerprint density at radius 1 is 1.31 bits per heavy atom. The van der Waals surface area contributed by atoms with Crippen LogP contribution in [-0.4, -0.2) is 60.4 Å². The van der Waals surface area contributed by atoms with Gasteiger partial charge in [0.1, 0.15) is 23.5 Å². The van der Waals surface area contributed by atoms with Crippen molar-refractivity contribution in [2.75, 3.05) is 44.4 Å². The van der Waals surface area contributed by atoms with Crippen LogP contribution in [0.3, 0.4) is 0 Å². The third-order valence-electron chi connectivity index (χ3n) is 5.21. The largest absolute Gasteiger partial charge is 0.486 e. The standard InChI is InChI=1S/C23H25FN4O4/c1-15(32-18-4-2-3-17(24)13-18)19-11-16(23(30)25-5-8-29)12-20-22(19)27-21(14-26-20)28-6-9-31-10-7-28/h2-4,11-15,29H,5-10H2,1H3,(H,25,30). The Morgan fingerprint density at radius 3 is 2.88 bits per heavy atom. The molecule has 1 aliphatic heterocycles. The lowest BCUT2D eigenvalue weighted by Crippen LogP contribution is -2.36. The number of hydrogen-bond acceptors (Lipinski definition) is 7. The number of amides is 1. The number of carbonyl (C=O) groups excluding carboxylic acids is 1. The van der Waals surface area contributed by atoms with Crippen LogP contribution < -0.4 is 15.0 Å². The fourth-order valence-electron chi connectivity index (χ4n) is 3.60. The number of halogens is 1. The third-order valence-corrected chi connectivity index (χ3v) is 5.21. The van der Waals surface area contributed by atoms with Crippen molar-refractivity contribution < 1.29 is 23.8 Å². The Kier molecular flexibility index (Phi) is 6.77. The summed E-state index contributed by atoms with van der Waals surface area (Å²) in [6.07, 6.45) is 1.16. The van der Waals surface area contributed by atoms with Gasteiger partial charge in [-0.15, -0.1) is 0 Å². The molecule has 0 saturated carbocycles. The molecule has 32 heavy (non-hydrogen) atoms. The van der Waals surface area contributed by atoms with Crippen molar-refractivity contribution in [2.45, 2.75) is 13.0 Å². The van der Waals surface area contributed by atoms with Crippen molar-refractivity contribution in [1.29, 1.82) is 0 Å². The molecule has 8 nitrogen and oxygen atoms in total. The lowest BCUT2D eigenvalue weighted by molar-refractivity contribution is 0.0944. The van der Waals surface area contributed by atoms with E-state index in [9.17, 15) is 9.18 Å². The van der Waals surface area contributed by atoms with Crippen LogP contribution in [0.15, 0.2) is 42.6 Å². The highest BCUT2D eigenvalue weighted by molar-refractivity contribution is 5.98. The number of fused-ring (bicyclic) bond motifs is 1. The maximum Gasteiger partial charge on any atom is 0.251 e. The van der Waals surface area contributed by atoms with Crippen LogP contribution in [-0.2, 0) is 4.74 Å². The minimum Gasteiger partial charge on any atom is -0.486 e. The number of carbonyl (C=O) groups is 1. The van der Waals surface area contributed by atoms with Crippen molar-refractivity contribution in [3.63, 3.8) is 0 Å². The van der Waals surface area contributed by atoms with E-state index in [1.165, 1.54) is 12.1 Å². The van der Waals surface area contributed by atoms with Gasteiger partial charge in [-0.25, -0.2) is 9.37 Å². The van der Waals surface area contributed by atoms with Gasteiger partial charge in [0, 0.05) is 36.8 Å². The molecule has 2 aromatic carbocycles. The Labute approximate surface area is 185 Å². The molecular weight excluding hydrogens is 415 g/mol. The van der Waals surface area contributed by atoms with E-state index in [0.717, 1.165) is 5.82 Å². The molecule has 3 aromatic rings. The molecule has 2 heterocycles. The molecule has 4 rings (SSSR count). The molecule has 1 atom stereocenters. The van der Waals surface area contributed by atoms with Crippen LogP contribution in [0, 0.1) is 5.82 Å². The predicted octanol–water partition coefficient (Wildman–Crippen LogP) is 2.47. The lowest BCUT2D eigenvalue weighted by Gasteiger charge is -2.28. The Hall–Kier alpha value is -3.30. The van der Waals surface area contributed by atoms with E-state index in [1.807, 2.05) is 6.92 Å². The molecule has 1 aromatic heterocycles. The second-order valence-electron chi connectivity index (χ2n) is 7.46. The SMILES string of the molecule is CC(Oc1cccc(F)c1)c1cc(C(=O)NCCO)cc2ncc(N3CCOCC3)nc12. The summed E-state index contributed by atoms with van der Waals surface area (Å²) in [6.45, 7) is 4.47. The monoisotopic (exact) mass is 440 g/mol. The number of nitrogens with one attached hydrogen (secondary N) is 1. The van der Waals surface area contributed by atoms with Crippen LogP contribution in [0.2, 0.25) is 0 Å². The summed E-state index contributed by atoms with van der Waals surface area (Å²) < 4.78 is 25.0. The van der Waals surface area contributed by atoms with Gasteiger partial charge in [0.2, 0.25) is 0 Å². The molecule has 1 saturated heterocycles. The highest BCUT2D eigenvalue weighted by atomic mass is 19.1. The topological polar surface area (TPSA) is 96.8 Å². The summed E-state index contributed by atoms with van der Waals surface area (Å²) in [5, 5.41) is 11.7. The summed E-state index contributed by atoms with van der Waals surface area (Å²) in [7, 11) is 0. The van der Waals surface area contributed by atoms with Gasteiger partial charge in [-0.2, -0.15) is 0 Å². The molecule has 1 fully saturated rings. The van der Waals surface area contributed by atoms with Gasteiger partial charge in [-0.05, 0) is 31.2 Å². The average molecular weight is 440 g/mol. The molecule has 0 aliphatic carbocycles. The number of morpholine rings is 1. The van der Waals surface area contributed by atoms with E-state index in [4.69, 9.17) is 19.6 Å². The minimum absolute atomic E-state index is 0.142. The van der Waals surface area contributed by atoms with Gasteiger partial charge >= 0.3 is 0 Å². The Morgan fingerprint density at radius 2 is 2.12 bits per heavy atom. The highest BCUT2D eigenvalue weighted by Crippen LogP contribution is 2.29. The van der Waals surface area contributed by atoms with Crippen LogP contribution in [0.5, 0.6) is 5.75 Å². The van der Waals surface area contributed by atoms with E-state index in [-0.39, 0.29) is 19.1 Å². The van der Waals surface area contributed by atoms with Gasteiger partial charge in [-0.1, -0.05) is 6.07 Å². The first-order valence-electron chi connectivity index (χ1n) is 10.5. The van der Waals surface area contributed by atoms with Crippen molar-refractivity contribution in [3.8, 4) is 5.75 Å². The number of aliphatic hydroxyl groups excluding tert-OH is 1. The summed E-state index contributed by atoms with van der Waals surface area (Å²) >= 11 is 0. The van der Waals surface area contributed by atoms with E-state index < -0.39 is 11.9 Å². The molecule has 0 bridgehead atoms. The molecule has 9 heteroatoms. The van der Waals surface area contributed by atoms with Crippen LogP contribution >= 0.6 is 0 Å². The first-order chi connectivity index (χ1) is 15.5. The van der Waals surface area contributed by atoms with Crippen LogP contribution in [0.25, 0.3) is 11.0 Å². The predicted molar refractivity (Wildman–Crippen MR) is 117 cm³/mol.